The van der Waals surface area contributed by atoms with E-state index in [0.717, 1.165) is 26.1 Å². The summed E-state index contributed by atoms with van der Waals surface area (Å²) in [6, 6.07) is 0. The predicted octanol–water partition coefficient (Wildman–Crippen LogP) is 1.21. The van der Waals surface area contributed by atoms with E-state index in [1.54, 1.807) is 0 Å². The van der Waals surface area contributed by atoms with Crippen LogP contribution < -0.4 is 5.73 Å². The van der Waals surface area contributed by atoms with Crippen molar-refractivity contribution >= 4 is 0 Å². The zero-order valence-electron chi connectivity index (χ0n) is 9.92. The molecular weight excluding hydrogens is 176 g/mol. The van der Waals surface area contributed by atoms with Crippen molar-refractivity contribution in [1.82, 2.24) is 4.90 Å². The van der Waals surface area contributed by atoms with Crippen LogP contribution in [0.4, 0.5) is 0 Å². The monoisotopic (exact) mass is 202 g/mol. The molecule has 3 N–H and O–H groups in total. The van der Waals surface area contributed by atoms with Crippen molar-refractivity contribution in [2.24, 2.45) is 5.73 Å². The van der Waals surface area contributed by atoms with Gasteiger partial charge in [0.25, 0.3) is 0 Å². The van der Waals surface area contributed by atoms with Crippen LogP contribution >= 0.6 is 0 Å². The van der Waals surface area contributed by atoms with E-state index in [0.29, 0.717) is 6.54 Å². The molecule has 0 aliphatic carbocycles. The van der Waals surface area contributed by atoms with Crippen LogP contribution in [0.15, 0.2) is 0 Å². The molecule has 0 fully saturated rings. The van der Waals surface area contributed by atoms with Gasteiger partial charge in [0, 0.05) is 13.1 Å². The number of aliphatic hydroxyl groups is 1. The van der Waals surface area contributed by atoms with Gasteiger partial charge in [-0.1, -0.05) is 13.8 Å². The van der Waals surface area contributed by atoms with E-state index in [1.165, 1.54) is 12.8 Å². The minimum Gasteiger partial charge on any atom is -0.389 e. The Morgan fingerprint density at radius 3 is 2.00 bits per heavy atom. The molecule has 3 heteroatoms. The number of hydrogen-bond acceptors (Lipinski definition) is 3. The highest BCUT2D eigenvalue weighted by Crippen LogP contribution is 2.08. The van der Waals surface area contributed by atoms with Gasteiger partial charge in [-0.25, -0.2) is 0 Å². The highest BCUT2D eigenvalue weighted by Gasteiger charge is 2.18. The van der Waals surface area contributed by atoms with E-state index in [-0.39, 0.29) is 0 Å². The third kappa shape index (κ3) is 6.35. The number of rotatable bonds is 8. The molecule has 1 unspecified atom stereocenters. The molecule has 0 aromatic rings. The van der Waals surface area contributed by atoms with Crippen molar-refractivity contribution in [2.75, 3.05) is 26.2 Å². The second-order valence-electron chi connectivity index (χ2n) is 4.29. The Morgan fingerprint density at radius 1 is 1.14 bits per heavy atom. The summed E-state index contributed by atoms with van der Waals surface area (Å²) in [5.74, 6) is 0. The summed E-state index contributed by atoms with van der Waals surface area (Å²) in [5, 5.41) is 9.76. The summed E-state index contributed by atoms with van der Waals surface area (Å²) in [6.45, 7) is 9.71. The third-order valence-electron chi connectivity index (χ3n) is 2.49. The molecule has 0 aromatic heterocycles. The molecule has 0 bridgehead atoms. The SMILES string of the molecule is CCCN(CCC)CCC(C)(O)CN. The Morgan fingerprint density at radius 2 is 1.64 bits per heavy atom. The first-order valence-corrected chi connectivity index (χ1v) is 5.70. The van der Waals surface area contributed by atoms with Gasteiger partial charge < -0.3 is 15.7 Å². The second-order valence-corrected chi connectivity index (χ2v) is 4.29. The lowest BCUT2D eigenvalue weighted by Crippen LogP contribution is -2.39. The fourth-order valence-corrected chi connectivity index (χ4v) is 1.47. The van der Waals surface area contributed by atoms with Gasteiger partial charge in [-0.15, -0.1) is 0 Å². The highest BCUT2D eigenvalue weighted by molar-refractivity contribution is 4.75. The molecule has 0 aliphatic heterocycles. The lowest BCUT2D eigenvalue weighted by atomic mass is 10.0. The number of nitrogens with zero attached hydrogens (tertiary/aromatic N) is 1. The van der Waals surface area contributed by atoms with Gasteiger partial charge in [0.05, 0.1) is 5.60 Å². The molecule has 3 nitrogen and oxygen atoms in total. The minimum absolute atomic E-state index is 0.346. The van der Waals surface area contributed by atoms with Gasteiger partial charge in [-0.2, -0.15) is 0 Å². The van der Waals surface area contributed by atoms with Crippen molar-refractivity contribution in [3.05, 3.63) is 0 Å². The minimum atomic E-state index is -0.695. The number of nitrogens with two attached hydrogens (primary N) is 1. The largest absolute Gasteiger partial charge is 0.389 e. The summed E-state index contributed by atoms with van der Waals surface area (Å²) in [4.78, 5) is 2.39. The molecule has 14 heavy (non-hydrogen) atoms. The molecule has 0 amide bonds. The van der Waals surface area contributed by atoms with Gasteiger partial charge in [0.15, 0.2) is 0 Å². The van der Waals surface area contributed by atoms with Crippen LogP contribution in [-0.4, -0.2) is 41.8 Å². The van der Waals surface area contributed by atoms with Gasteiger partial charge in [-0.05, 0) is 39.3 Å². The van der Waals surface area contributed by atoms with Crippen molar-refractivity contribution in [2.45, 2.75) is 45.6 Å². The van der Waals surface area contributed by atoms with Crippen LogP contribution in [0.3, 0.4) is 0 Å². The predicted molar refractivity (Wildman–Crippen MR) is 61.3 cm³/mol. The van der Waals surface area contributed by atoms with E-state index in [9.17, 15) is 5.11 Å². The van der Waals surface area contributed by atoms with E-state index in [2.05, 4.69) is 18.7 Å². The molecular formula is C11H26N2O. The fraction of sp³-hybridized carbons (Fsp3) is 1.00. The van der Waals surface area contributed by atoms with E-state index >= 15 is 0 Å². The molecule has 0 radical (unpaired) electrons. The molecule has 1 atom stereocenters. The first-order chi connectivity index (χ1) is 6.55. The average Bonchev–Trinajstić information content (AvgIpc) is 2.15. The van der Waals surface area contributed by atoms with Crippen LogP contribution in [0.5, 0.6) is 0 Å². The molecule has 0 aliphatic rings. The Balaban J connectivity index is 3.80. The maximum absolute atomic E-state index is 9.76. The van der Waals surface area contributed by atoms with E-state index in [4.69, 9.17) is 5.73 Å². The lowest BCUT2D eigenvalue weighted by molar-refractivity contribution is 0.0476. The van der Waals surface area contributed by atoms with Crippen LogP contribution in [-0.2, 0) is 0 Å². The van der Waals surface area contributed by atoms with Crippen molar-refractivity contribution in [3.63, 3.8) is 0 Å². The Hall–Kier alpha value is -0.120. The first-order valence-electron chi connectivity index (χ1n) is 5.70. The fourth-order valence-electron chi connectivity index (χ4n) is 1.47. The summed E-state index contributed by atoms with van der Waals surface area (Å²) < 4.78 is 0. The Labute approximate surface area is 88.3 Å². The standard InChI is InChI=1S/C11H26N2O/c1-4-7-13(8-5-2)9-6-11(3,14)10-12/h14H,4-10,12H2,1-3H3. The molecule has 0 spiro atoms. The van der Waals surface area contributed by atoms with Crippen LogP contribution in [0, 0.1) is 0 Å². The summed E-state index contributed by atoms with van der Waals surface area (Å²) in [7, 11) is 0. The Kier molecular flexibility index (Phi) is 7.15. The normalized spacial score (nSPS) is 15.9. The van der Waals surface area contributed by atoms with Gasteiger partial charge in [0.1, 0.15) is 0 Å². The van der Waals surface area contributed by atoms with Crippen LogP contribution in [0.25, 0.3) is 0 Å². The zero-order chi connectivity index (χ0) is 11.0. The average molecular weight is 202 g/mol. The zero-order valence-corrected chi connectivity index (χ0v) is 9.92. The molecule has 0 heterocycles. The molecule has 86 valence electrons. The van der Waals surface area contributed by atoms with Crippen molar-refractivity contribution in [3.8, 4) is 0 Å². The molecule has 0 rings (SSSR count). The Bertz CT molecular complexity index is 131. The van der Waals surface area contributed by atoms with Gasteiger partial charge >= 0.3 is 0 Å². The molecule has 0 aromatic carbocycles. The highest BCUT2D eigenvalue weighted by atomic mass is 16.3. The maximum Gasteiger partial charge on any atom is 0.0753 e. The van der Waals surface area contributed by atoms with Crippen molar-refractivity contribution < 1.29 is 5.11 Å². The summed E-state index contributed by atoms with van der Waals surface area (Å²) in [6.07, 6.45) is 3.11. The van der Waals surface area contributed by atoms with Crippen LogP contribution in [0.2, 0.25) is 0 Å². The summed E-state index contributed by atoms with van der Waals surface area (Å²) >= 11 is 0. The third-order valence-corrected chi connectivity index (χ3v) is 2.49. The maximum atomic E-state index is 9.76. The lowest BCUT2D eigenvalue weighted by Gasteiger charge is -2.27. The van der Waals surface area contributed by atoms with Gasteiger partial charge in [0.2, 0.25) is 0 Å². The van der Waals surface area contributed by atoms with Crippen molar-refractivity contribution in [1.29, 1.82) is 0 Å². The smallest absolute Gasteiger partial charge is 0.0753 e. The summed E-state index contributed by atoms with van der Waals surface area (Å²) in [5.41, 5.74) is 4.78. The molecule has 0 saturated carbocycles. The van der Waals surface area contributed by atoms with E-state index in [1.807, 2.05) is 6.92 Å². The van der Waals surface area contributed by atoms with Gasteiger partial charge in [-0.3, -0.25) is 0 Å². The van der Waals surface area contributed by atoms with Crippen LogP contribution in [0.1, 0.15) is 40.0 Å². The number of hydrogen-bond donors (Lipinski definition) is 2. The quantitative estimate of drug-likeness (QED) is 0.622. The second kappa shape index (κ2) is 7.21. The molecule has 0 saturated heterocycles. The topological polar surface area (TPSA) is 49.5 Å². The van der Waals surface area contributed by atoms with E-state index < -0.39 is 5.60 Å². The first kappa shape index (κ1) is 13.9.